The van der Waals surface area contributed by atoms with E-state index in [1.165, 1.54) is 12.1 Å². The normalized spacial score (nSPS) is 29.6. The first-order chi connectivity index (χ1) is 7.55. The Morgan fingerprint density at radius 1 is 1.62 bits per heavy atom. The van der Waals surface area contributed by atoms with E-state index in [9.17, 15) is 4.39 Å². The molecule has 3 nitrogen and oxygen atoms in total. The van der Waals surface area contributed by atoms with E-state index in [0.717, 1.165) is 5.56 Å². The van der Waals surface area contributed by atoms with E-state index < -0.39 is 5.79 Å². The summed E-state index contributed by atoms with van der Waals surface area (Å²) in [6.45, 7) is 2.67. The molecule has 1 saturated heterocycles. The molecule has 0 bridgehead atoms. The third-order valence-corrected chi connectivity index (χ3v) is 3.28. The van der Waals surface area contributed by atoms with E-state index in [1.807, 2.05) is 0 Å². The summed E-state index contributed by atoms with van der Waals surface area (Å²) >= 11 is 3.30. The van der Waals surface area contributed by atoms with Gasteiger partial charge in [-0.15, -0.1) is 0 Å². The highest BCUT2D eigenvalue weighted by atomic mass is 79.9. The fourth-order valence-corrected chi connectivity index (χ4v) is 2.46. The molecule has 1 aromatic carbocycles. The molecule has 2 unspecified atom stereocenters. The van der Waals surface area contributed by atoms with Crippen LogP contribution in [0.5, 0.6) is 0 Å². The SMILES string of the molecule is CC1(c2ccc(F)cc2Br)OCC(CN)O1. The third-order valence-electron chi connectivity index (χ3n) is 2.62. The summed E-state index contributed by atoms with van der Waals surface area (Å²) in [5, 5.41) is 0. The number of hydrogen-bond acceptors (Lipinski definition) is 3. The first-order valence-electron chi connectivity index (χ1n) is 5.02. The lowest BCUT2D eigenvalue weighted by atomic mass is 10.1. The van der Waals surface area contributed by atoms with Crippen molar-refractivity contribution in [2.45, 2.75) is 18.8 Å². The van der Waals surface area contributed by atoms with Crippen molar-refractivity contribution in [3.05, 3.63) is 34.1 Å². The first-order valence-corrected chi connectivity index (χ1v) is 5.82. The summed E-state index contributed by atoms with van der Waals surface area (Å²) in [5.74, 6) is -1.15. The molecule has 0 radical (unpaired) electrons. The number of halogens is 2. The number of ether oxygens (including phenoxy) is 2. The Morgan fingerprint density at radius 2 is 2.38 bits per heavy atom. The van der Waals surface area contributed by atoms with Gasteiger partial charge in [0.2, 0.25) is 0 Å². The predicted molar refractivity (Wildman–Crippen MR) is 61.3 cm³/mol. The van der Waals surface area contributed by atoms with Gasteiger partial charge in [0.15, 0.2) is 5.79 Å². The number of hydrogen-bond donors (Lipinski definition) is 1. The maximum atomic E-state index is 13.0. The van der Waals surface area contributed by atoms with Crippen LogP contribution in [0.3, 0.4) is 0 Å². The van der Waals surface area contributed by atoms with Crippen LogP contribution >= 0.6 is 15.9 Å². The Bertz CT molecular complexity index is 402. The summed E-state index contributed by atoms with van der Waals surface area (Å²) in [5.41, 5.74) is 6.29. The van der Waals surface area contributed by atoms with Gasteiger partial charge in [-0.25, -0.2) is 4.39 Å². The Labute approximate surface area is 102 Å². The van der Waals surface area contributed by atoms with Crippen molar-refractivity contribution in [1.82, 2.24) is 0 Å². The van der Waals surface area contributed by atoms with Gasteiger partial charge in [0.25, 0.3) is 0 Å². The molecule has 1 heterocycles. The van der Waals surface area contributed by atoms with Gasteiger partial charge < -0.3 is 15.2 Å². The number of benzene rings is 1. The molecule has 0 saturated carbocycles. The summed E-state index contributed by atoms with van der Waals surface area (Å²) in [6.07, 6.45) is -0.109. The lowest BCUT2D eigenvalue weighted by molar-refractivity contribution is -0.161. The van der Waals surface area contributed by atoms with Gasteiger partial charge in [-0.1, -0.05) is 15.9 Å². The Kier molecular flexibility index (Phi) is 3.30. The monoisotopic (exact) mass is 289 g/mol. The van der Waals surface area contributed by atoms with Crippen molar-refractivity contribution in [3.63, 3.8) is 0 Å². The van der Waals surface area contributed by atoms with E-state index in [1.54, 1.807) is 13.0 Å². The van der Waals surface area contributed by atoms with Gasteiger partial charge in [-0.2, -0.15) is 0 Å². The van der Waals surface area contributed by atoms with Crippen LogP contribution in [-0.4, -0.2) is 19.3 Å². The average molecular weight is 290 g/mol. The standard InChI is InChI=1S/C11H13BrFNO2/c1-11(15-6-8(5-14)16-11)9-3-2-7(13)4-10(9)12/h2-4,8H,5-6,14H2,1H3. The predicted octanol–water partition coefficient (Wildman–Crippen LogP) is 2.14. The van der Waals surface area contributed by atoms with Crippen molar-refractivity contribution in [3.8, 4) is 0 Å². The smallest absolute Gasteiger partial charge is 0.193 e. The summed E-state index contributed by atoms with van der Waals surface area (Å²) in [4.78, 5) is 0. The van der Waals surface area contributed by atoms with Crippen LogP contribution in [0.4, 0.5) is 4.39 Å². The Balaban J connectivity index is 2.30. The second kappa shape index (κ2) is 4.41. The maximum Gasteiger partial charge on any atom is 0.193 e. The van der Waals surface area contributed by atoms with E-state index in [-0.39, 0.29) is 11.9 Å². The maximum absolute atomic E-state index is 13.0. The van der Waals surface area contributed by atoms with Crippen molar-refractivity contribution in [2.75, 3.05) is 13.2 Å². The molecule has 5 heteroatoms. The van der Waals surface area contributed by atoms with E-state index in [2.05, 4.69) is 15.9 Å². The minimum Gasteiger partial charge on any atom is -0.343 e. The van der Waals surface area contributed by atoms with Crippen LogP contribution in [0.2, 0.25) is 0 Å². The summed E-state index contributed by atoms with van der Waals surface area (Å²) in [7, 11) is 0. The van der Waals surface area contributed by atoms with Gasteiger partial charge >= 0.3 is 0 Å². The van der Waals surface area contributed by atoms with Gasteiger partial charge in [-0.05, 0) is 25.1 Å². The molecule has 0 aliphatic carbocycles. The highest BCUT2D eigenvalue weighted by Gasteiger charge is 2.39. The van der Waals surface area contributed by atoms with Crippen LogP contribution < -0.4 is 5.73 Å². The minimum absolute atomic E-state index is 0.109. The molecular weight excluding hydrogens is 277 g/mol. The molecule has 2 N–H and O–H groups in total. The van der Waals surface area contributed by atoms with E-state index >= 15 is 0 Å². The fraction of sp³-hybridized carbons (Fsp3) is 0.455. The van der Waals surface area contributed by atoms with Crippen molar-refractivity contribution in [2.24, 2.45) is 5.73 Å². The molecule has 0 aromatic heterocycles. The van der Waals surface area contributed by atoms with Crippen LogP contribution in [-0.2, 0) is 15.3 Å². The van der Waals surface area contributed by atoms with Gasteiger partial charge in [0.05, 0.1) is 12.7 Å². The zero-order chi connectivity index (χ0) is 11.8. The zero-order valence-corrected chi connectivity index (χ0v) is 10.5. The lowest BCUT2D eigenvalue weighted by Gasteiger charge is -2.24. The van der Waals surface area contributed by atoms with Crippen molar-refractivity contribution in [1.29, 1.82) is 0 Å². The Hall–Kier alpha value is -0.490. The molecule has 1 aliphatic rings. The molecule has 88 valence electrons. The first kappa shape index (κ1) is 12.0. The largest absolute Gasteiger partial charge is 0.343 e. The van der Waals surface area contributed by atoms with E-state index in [0.29, 0.717) is 17.6 Å². The molecule has 16 heavy (non-hydrogen) atoms. The van der Waals surface area contributed by atoms with Crippen molar-refractivity contribution >= 4 is 15.9 Å². The minimum atomic E-state index is -0.851. The van der Waals surface area contributed by atoms with Crippen LogP contribution in [0.25, 0.3) is 0 Å². The molecule has 1 aliphatic heterocycles. The van der Waals surface area contributed by atoms with Gasteiger partial charge in [0.1, 0.15) is 5.82 Å². The molecule has 2 rings (SSSR count). The van der Waals surface area contributed by atoms with Crippen LogP contribution in [0.1, 0.15) is 12.5 Å². The average Bonchev–Trinajstić information content (AvgIpc) is 2.61. The lowest BCUT2D eigenvalue weighted by Crippen LogP contribution is -2.27. The molecule has 1 fully saturated rings. The molecule has 0 amide bonds. The quantitative estimate of drug-likeness (QED) is 0.907. The highest BCUT2D eigenvalue weighted by Crippen LogP contribution is 2.37. The van der Waals surface area contributed by atoms with Crippen molar-refractivity contribution < 1.29 is 13.9 Å². The third kappa shape index (κ3) is 2.13. The van der Waals surface area contributed by atoms with E-state index in [4.69, 9.17) is 15.2 Å². The molecule has 2 atom stereocenters. The zero-order valence-electron chi connectivity index (χ0n) is 8.87. The number of rotatable bonds is 2. The Morgan fingerprint density at radius 3 is 2.94 bits per heavy atom. The molecule has 0 spiro atoms. The van der Waals surface area contributed by atoms with Gasteiger partial charge in [0, 0.05) is 16.6 Å². The second-order valence-electron chi connectivity index (χ2n) is 3.86. The molecular formula is C11H13BrFNO2. The van der Waals surface area contributed by atoms with Gasteiger partial charge in [-0.3, -0.25) is 0 Å². The summed E-state index contributed by atoms with van der Waals surface area (Å²) in [6, 6.07) is 4.43. The highest BCUT2D eigenvalue weighted by molar-refractivity contribution is 9.10. The second-order valence-corrected chi connectivity index (χ2v) is 4.71. The topological polar surface area (TPSA) is 44.5 Å². The molecule has 1 aromatic rings. The van der Waals surface area contributed by atoms with Crippen LogP contribution in [0, 0.1) is 5.82 Å². The fourth-order valence-electron chi connectivity index (χ4n) is 1.75. The number of nitrogens with two attached hydrogens (primary N) is 1. The van der Waals surface area contributed by atoms with Crippen LogP contribution in [0.15, 0.2) is 22.7 Å². The summed E-state index contributed by atoms with van der Waals surface area (Å²) < 4.78 is 24.9.